The summed E-state index contributed by atoms with van der Waals surface area (Å²) in [5.41, 5.74) is 40.9. The molecule has 0 heterocycles. The molecule has 10 unspecified atom stereocenters. The molecule has 578 valence electrons. The zero-order valence-electron chi connectivity index (χ0n) is 72.8. The molecular weight excluding hydrogens is 1460 g/mol. The molecule has 6 aromatic rings. The van der Waals surface area contributed by atoms with Crippen molar-refractivity contribution >= 4 is 56.5 Å². The Hall–Kier alpha value is -4.54. The van der Waals surface area contributed by atoms with Gasteiger partial charge in [-0.2, -0.15) is 0 Å². The molecule has 0 radical (unpaired) electrons. The molecule has 6 heteroatoms. The van der Waals surface area contributed by atoms with E-state index in [4.69, 9.17) is 21.8 Å². The average molecular weight is 1600 g/mol. The van der Waals surface area contributed by atoms with Gasteiger partial charge in [-0.15, -0.1) is 0 Å². The van der Waals surface area contributed by atoms with Crippen LogP contribution in [0.5, 0.6) is 0 Å². The topological polar surface area (TPSA) is 9.23 Å². The molecule has 8 aliphatic carbocycles. The number of halogens is 2. The van der Waals surface area contributed by atoms with Crippen molar-refractivity contribution in [1.29, 1.82) is 0 Å². The van der Waals surface area contributed by atoms with E-state index in [0.29, 0.717) is 40.7 Å². The number of ether oxygens (including phenoxy) is 1. The van der Waals surface area contributed by atoms with Crippen molar-refractivity contribution in [3.8, 4) is 22.3 Å². The first-order valence-electron chi connectivity index (χ1n) is 40.9. The third-order valence-corrected chi connectivity index (χ3v) is 37.3. The van der Waals surface area contributed by atoms with Crippen molar-refractivity contribution in [2.75, 3.05) is 7.11 Å². The quantitative estimate of drug-likeness (QED) is 0.104. The van der Waals surface area contributed by atoms with Crippen LogP contribution in [0.2, 0.25) is 37.3 Å². The standard InChI is InChI=1S/C50H70OSi.C50H62Si.2CH3.2ClH.Zr/c1-30-26-38-40(28-34-16-15-17-37(34)43(38)32-18-22-35(23-19-32)48(3,4)5)46(30)52(13,14)47-31(2)27-39-41(47)29-42(50(9,10)11)45(51-12)44(39)33-20-24-36(25-21-33)49(6,7)8;1-30-26-39-42(29-43(50(10,11)12)32(3)44(39)33-18-22-36(23-19-33)48(4,5)6)47(30)51(13,14)46-31(2)27-40-41(46)28-35-16-15-17-38(35)45(40)34-20-24-37(25-21-34)49(7,8)9;;;;;/h18-25,28-31,38-41,46-47H,15-17,26-27H2,1-14H3;18-29,46-47H,15-17H2,1-14H3;2*1H3;2*1H;/q;;2*-1;;;+4/p-2. The third kappa shape index (κ3) is 15.9. The molecule has 3 fully saturated rings. The van der Waals surface area contributed by atoms with E-state index < -0.39 is 37.0 Å². The molecule has 14 rings (SSSR count). The Morgan fingerprint density at radius 2 is 0.833 bits per heavy atom. The zero-order valence-corrected chi connectivity index (χ0v) is 78.8. The minimum atomic E-state index is -2.05. The molecular formula is C102H138Cl2OSi2Zr. The van der Waals surface area contributed by atoms with Gasteiger partial charge in [-0.25, -0.2) is 0 Å². The van der Waals surface area contributed by atoms with Crippen LogP contribution in [0.4, 0.5) is 0 Å². The Morgan fingerprint density at radius 3 is 1.26 bits per heavy atom. The normalized spacial score (nSPS) is 23.9. The Bertz CT molecular complexity index is 4520. The van der Waals surface area contributed by atoms with Crippen LogP contribution in [0.25, 0.3) is 45.6 Å². The molecule has 0 spiro atoms. The predicted octanol–water partition coefficient (Wildman–Crippen LogP) is 30.7. The molecule has 0 bridgehead atoms. The summed E-state index contributed by atoms with van der Waals surface area (Å²) < 4.78 is 6.48. The maximum atomic E-state index is 6.48. The number of rotatable bonds is 9. The summed E-state index contributed by atoms with van der Waals surface area (Å²) in [6, 6.07) is 43.8. The molecule has 0 amide bonds. The van der Waals surface area contributed by atoms with E-state index in [-0.39, 0.29) is 47.3 Å². The number of hydrogen-bond acceptors (Lipinski definition) is 1. The summed E-state index contributed by atoms with van der Waals surface area (Å²) >= 11 is -0.826. The fraction of sp³-hybridized carbons (Fsp3) is 0.510. The SMILES string of the molecule is CC1=Cc2c(cc(C(C)(C)C)c(C)c2-c2ccc(C(C)(C)C)cc2)C1[Si](C)(C)C1C(C)=Cc2c1cc1c(c2-c2ccc(C(C)(C)C)cc2)CCC1.COC1=C(c2ccc(C(C)(C)C)cc2)C2CC(C)C([Si](C)(C)C3C(C)CC4C(c5ccc(C(C)(C)C)cc5)=C5CCCC5=CC43)C2C=C1C(C)(C)C.[CH3-].[CH3-].[Cl][Zr+2][Cl]. The maximum absolute atomic E-state index is 6.48. The Morgan fingerprint density at radius 1 is 0.444 bits per heavy atom. The van der Waals surface area contributed by atoms with Crippen LogP contribution < -0.4 is 0 Å². The molecule has 6 aromatic carbocycles. The number of methoxy groups -OCH3 is 1. The van der Waals surface area contributed by atoms with Gasteiger partial charge in [0.15, 0.2) is 0 Å². The number of hydrogen-bond donors (Lipinski definition) is 0. The summed E-state index contributed by atoms with van der Waals surface area (Å²) in [5.74, 6) is 4.97. The predicted molar refractivity (Wildman–Crippen MR) is 479 cm³/mol. The first-order chi connectivity index (χ1) is 49.3. The van der Waals surface area contributed by atoms with Gasteiger partial charge in [0.2, 0.25) is 0 Å². The summed E-state index contributed by atoms with van der Waals surface area (Å²) in [4.78, 5) is 0. The van der Waals surface area contributed by atoms with Crippen LogP contribution in [-0.2, 0) is 65.5 Å². The van der Waals surface area contributed by atoms with Crippen molar-refractivity contribution < 1.29 is 25.6 Å². The molecule has 1 nitrogen and oxygen atoms in total. The summed E-state index contributed by atoms with van der Waals surface area (Å²) in [5, 5.41) is 0. The second-order valence-electron chi connectivity index (χ2n) is 41.6. The van der Waals surface area contributed by atoms with E-state index in [9.17, 15) is 0 Å². The molecule has 108 heavy (non-hydrogen) atoms. The van der Waals surface area contributed by atoms with Crippen LogP contribution in [0.1, 0.15) is 280 Å². The third-order valence-electron chi connectivity index (χ3n) is 27.4. The fourth-order valence-corrected chi connectivity index (χ4v) is 34.2. The van der Waals surface area contributed by atoms with Crippen LogP contribution in [0.3, 0.4) is 0 Å². The van der Waals surface area contributed by atoms with Gasteiger partial charge in [0.1, 0.15) is 5.76 Å². The molecule has 10 atom stereocenters. The Balaban J connectivity index is 0.000000219. The number of benzene rings is 6. The van der Waals surface area contributed by atoms with Gasteiger partial charge in [-0.05, 0) is 274 Å². The van der Waals surface area contributed by atoms with Crippen molar-refractivity contribution in [2.24, 2.45) is 40.9 Å². The van der Waals surface area contributed by atoms with Gasteiger partial charge >= 0.3 is 37.9 Å². The van der Waals surface area contributed by atoms with Gasteiger partial charge in [0.05, 0.1) is 23.3 Å². The van der Waals surface area contributed by atoms with E-state index in [1.54, 1.807) is 50.1 Å². The van der Waals surface area contributed by atoms with Crippen molar-refractivity contribution in [3.05, 3.63) is 248 Å². The van der Waals surface area contributed by atoms with Crippen molar-refractivity contribution in [2.45, 2.75) is 286 Å². The second-order valence-corrected chi connectivity index (χ2v) is 55.2. The van der Waals surface area contributed by atoms with E-state index >= 15 is 0 Å². The molecule has 3 saturated carbocycles. The van der Waals surface area contributed by atoms with Crippen molar-refractivity contribution in [1.82, 2.24) is 0 Å². The number of aryl methyl sites for hydroxylation is 1. The van der Waals surface area contributed by atoms with E-state index in [1.165, 1.54) is 140 Å². The molecule has 8 aliphatic rings. The van der Waals surface area contributed by atoms with Gasteiger partial charge in [0.25, 0.3) is 0 Å². The van der Waals surface area contributed by atoms with Crippen LogP contribution >= 0.6 is 17.0 Å². The average Bonchev–Trinajstić information content (AvgIpc) is 1.55. The molecule has 0 saturated heterocycles. The van der Waals surface area contributed by atoms with Gasteiger partial charge in [-0.1, -0.05) is 309 Å². The zero-order chi connectivity index (χ0) is 77.4. The van der Waals surface area contributed by atoms with E-state index in [0.717, 1.165) is 22.8 Å². The Labute approximate surface area is 680 Å². The van der Waals surface area contributed by atoms with Gasteiger partial charge < -0.3 is 19.6 Å². The van der Waals surface area contributed by atoms with E-state index in [2.05, 4.69) is 319 Å². The van der Waals surface area contributed by atoms with Crippen LogP contribution in [-0.4, -0.2) is 23.3 Å². The van der Waals surface area contributed by atoms with Gasteiger partial charge in [0, 0.05) is 16.7 Å². The first kappa shape index (κ1) is 85.9. The van der Waals surface area contributed by atoms with Crippen LogP contribution in [0, 0.1) is 62.7 Å². The second kappa shape index (κ2) is 31.3. The number of allylic oxidation sites excluding steroid dienone is 9. The van der Waals surface area contributed by atoms with Gasteiger partial charge in [-0.3, -0.25) is 0 Å². The monoisotopic (exact) mass is 1590 g/mol. The molecule has 0 N–H and O–H groups in total. The summed E-state index contributed by atoms with van der Waals surface area (Å²) in [7, 11) is 7.89. The fourth-order valence-electron chi connectivity index (χ4n) is 23.0. The van der Waals surface area contributed by atoms with Crippen molar-refractivity contribution in [3.63, 3.8) is 0 Å². The minimum absolute atomic E-state index is 0. The number of fused-ring (bicyclic) bond motifs is 6. The van der Waals surface area contributed by atoms with E-state index in [1.807, 2.05) is 7.11 Å². The first-order valence-corrected chi connectivity index (χ1v) is 53.6. The van der Waals surface area contributed by atoms with Crippen LogP contribution in [0.15, 0.2) is 155 Å². The summed E-state index contributed by atoms with van der Waals surface area (Å²) in [6.45, 7) is 65.9. The molecule has 0 aliphatic heterocycles. The molecule has 0 aromatic heterocycles. The summed E-state index contributed by atoms with van der Waals surface area (Å²) in [6.07, 6.45) is 20.9. The Kier molecular flexibility index (Phi) is 24.9.